The molecule has 1 N–H and O–H groups in total. The van der Waals surface area contributed by atoms with Gasteiger partial charge in [0.2, 0.25) is 0 Å². The lowest BCUT2D eigenvalue weighted by Crippen LogP contribution is -1.83. The minimum Gasteiger partial charge on any atom is -0.308 e. The van der Waals surface area contributed by atoms with E-state index in [1.54, 1.807) is 0 Å². The van der Waals surface area contributed by atoms with Crippen LogP contribution < -0.4 is 0 Å². The molecular formula is C14H23N. The van der Waals surface area contributed by atoms with E-state index in [1.165, 1.54) is 6.21 Å². The van der Waals surface area contributed by atoms with E-state index in [0.29, 0.717) is 0 Å². The molecule has 0 aliphatic carbocycles. The highest BCUT2D eigenvalue weighted by Crippen LogP contribution is 2.07. The van der Waals surface area contributed by atoms with Crippen LogP contribution in [0.15, 0.2) is 30.3 Å². The number of benzene rings is 1. The zero-order valence-electron chi connectivity index (χ0n) is 10.5. The number of rotatable bonds is 2. The summed E-state index contributed by atoms with van der Waals surface area (Å²) in [7, 11) is 0. The maximum absolute atomic E-state index is 7.10. The van der Waals surface area contributed by atoms with E-state index in [4.69, 9.17) is 5.41 Å². The molecule has 0 saturated carbocycles. The Morgan fingerprint density at radius 1 is 0.933 bits per heavy atom. The molecule has 0 heterocycles. The minimum absolute atomic E-state index is 0.964. The number of hydrogen-bond acceptors (Lipinski definition) is 1. The highest BCUT2D eigenvalue weighted by molar-refractivity contribution is 5.83. The van der Waals surface area contributed by atoms with Gasteiger partial charge in [-0.25, -0.2) is 0 Å². The lowest BCUT2D eigenvalue weighted by atomic mass is 10.1. The fourth-order valence-electron chi connectivity index (χ4n) is 0.974. The summed E-state index contributed by atoms with van der Waals surface area (Å²) in [5, 5.41) is 7.10. The lowest BCUT2D eigenvalue weighted by Gasteiger charge is -1.96. The first kappa shape index (κ1) is 16.1. The Morgan fingerprint density at radius 3 is 1.80 bits per heavy atom. The topological polar surface area (TPSA) is 23.9 Å². The monoisotopic (exact) mass is 205 g/mol. The molecule has 0 aliphatic heterocycles. The van der Waals surface area contributed by atoms with Gasteiger partial charge in [0.25, 0.3) is 0 Å². The Morgan fingerprint density at radius 2 is 1.40 bits per heavy atom. The Hall–Kier alpha value is -1.37. The van der Waals surface area contributed by atoms with Gasteiger partial charge < -0.3 is 5.41 Å². The van der Waals surface area contributed by atoms with Gasteiger partial charge in [0.05, 0.1) is 0 Å². The van der Waals surface area contributed by atoms with Gasteiger partial charge in [0, 0.05) is 6.21 Å². The molecular weight excluding hydrogens is 182 g/mol. The average molecular weight is 205 g/mol. The van der Waals surface area contributed by atoms with Crippen LogP contribution in [0, 0.1) is 5.41 Å². The summed E-state index contributed by atoms with van der Waals surface area (Å²) < 4.78 is 0. The highest BCUT2D eigenvalue weighted by atomic mass is 14.3. The standard InChI is InChI=1S/C10H11N.2C2H6/c1-2-5-9-6-3-4-7-10(9)8-11;2*1-2/h2-8,11H,1H3;2*1-2H3/b5-2-,11-8?;;. The maximum Gasteiger partial charge on any atom is 0.0256 e. The Bertz CT molecular complexity index is 274. The molecule has 1 rings (SSSR count). The molecule has 15 heavy (non-hydrogen) atoms. The summed E-state index contributed by atoms with van der Waals surface area (Å²) >= 11 is 0. The molecule has 0 aromatic heterocycles. The molecule has 0 bridgehead atoms. The Balaban J connectivity index is 0. The van der Waals surface area contributed by atoms with Crippen molar-refractivity contribution in [1.29, 1.82) is 5.41 Å². The van der Waals surface area contributed by atoms with E-state index in [2.05, 4.69) is 0 Å². The van der Waals surface area contributed by atoms with Crippen LogP contribution >= 0.6 is 0 Å². The predicted octanol–water partition coefficient (Wildman–Crippen LogP) is 4.77. The number of hydrogen-bond donors (Lipinski definition) is 1. The van der Waals surface area contributed by atoms with Gasteiger partial charge in [0.1, 0.15) is 0 Å². The van der Waals surface area contributed by atoms with Crippen LogP contribution in [0.2, 0.25) is 0 Å². The van der Waals surface area contributed by atoms with E-state index in [0.717, 1.165) is 11.1 Å². The molecule has 1 aromatic carbocycles. The largest absolute Gasteiger partial charge is 0.308 e. The van der Waals surface area contributed by atoms with Crippen molar-refractivity contribution in [2.24, 2.45) is 0 Å². The van der Waals surface area contributed by atoms with E-state index in [1.807, 2.05) is 71.0 Å². The fraction of sp³-hybridized carbons (Fsp3) is 0.357. The second-order valence-corrected chi connectivity index (χ2v) is 2.27. The summed E-state index contributed by atoms with van der Waals surface area (Å²) in [6.45, 7) is 9.97. The second-order valence-electron chi connectivity index (χ2n) is 2.27. The molecule has 0 aliphatic rings. The van der Waals surface area contributed by atoms with Crippen LogP contribution in [-0.4, -0.2) is 6.21 Å². The SMILES string of the molecule is C/C=C\c1ccccc1C=N.CC.CC. The van der Waals surface area contributed by atoms with E-state index >= 15 is 0 Å². The van der Waals surface area contributed by atoms with Crippen LogP contribution in [0.5, 0.6) is 0 Å². The van der Waals surface area contributed by atoms with Crippen molar-refractivity contribution in [3.05, 3.63) is 41.5 Å². The van der Waals surface area contributed by atoms with Gasteiger partial charge in [-0.05, 0) is 18.1 Å². The molecule has 0 amide bonds. The molecule has 0 saturated heterocycles. The normalized spacial score (nSPS) is 8.33. The third kappa shape index (κ3) is 6.67. The van der Waals surface area contributed by atoms with Crippen molar-refractivity contribution in [2.75, 3.05) is 0 Å². The van der Waals surface area contributed by atoms with Gasteiger partial charge in [-0.3, -0.25) is 0 Å². The summed E-state index contributed by atoms with van der Waals surface area (Å²) in [5.74, 6) is 0. The van der Waals surface area contributed by atoms with E-state index < -0.39 is 0 Å². The molecule has 0 unspecified atom stereocenters. The van der Waals surface area contributed by atoms with Crippen LogP contribution in [0.3, 0.4) is 0 Å². The molecule has 1 heteroatoms. The molecule has 1 nitrogen and oxygen atoms in total. The first-order chi connectivity index (χ1) is 7.38. The predicted molar refractivity (Wildman–Crippen MR) is 71.7 cm³/mol. The van der Waals surface area contributed by atoms with E-state index in [-0.39, 0.29) is 0 Å². The zero-order valence-corrected chi connectivity index (χ0v) is 10.5. The Kier molecular flexibility index (Phi) is 13.5. The Labute approximate surface area is 94.4 Å². The van der Waals surface area contributed by atoms with Gasteiger partial charge in [-0.2, -0.15) is 0 Å². The fourth-order valence-corrected chi connectivity index (χ4v) is 0.974. The van der Waals surface area contributed by atoms with Crippen molar-refractivity contribution in [3.63, 3.8) is 0 Å². The van der Waals surface area contributed by atoms with Gasteiger partial charge in [0.15, 0.2) is 0 Å². The quantitative estimate of drug-likeness (QED) is 0.672. The third-order valence-electron chi connectivity index (χ3n) is 1.50. The van der Waals surface area contributed by atoms with E-state index in [9.17, 15) is 0 Å². The van der Waals surface area contributed by atoms with Crippen LogP contribution in [-0.2, 0) is 0 Å². The first-order valence-corrected chi connectivity index (χ1v) is 5.60. The van der Waals surface area contributed by atoms with Crippen LogP contribution in [0.25, 0.3) is 6.08 Å². The zero-order chi connectivity index (χ0) is 12.1. The highest BCUT2D eigenvalue weighted by Gasteiger charge is 1.91. The van der Waals surface area contributed by atoms with Crippen molar-refractivity contribution in [1.82, 2.24) is 0 Å². The molecule has 1 aromatic rings. The summed E-state index contributed by atoms with van der Waals surface area (Å²) in [5.41, 5.74) is 2.07. The van der Waals surface area contributed by atoms with Crippen molar-refractivity contribution >= 4 is 12.3 Å². The summed E-state index contributed by atoms with van der Waals surface area (Å²) in [6, 6.07) is 7.85. The maximum atomic E-state index is 7.10. The summed E-state index contributed by atoms with van der Waals surface area (Å²) in [6.07, 6.45) is 5.35. The number of nitrogens with one attached hydrogen (secondary N) is 1. The van der Waals surface area contributed by atoms with Crippen LogP contribution in [0.1, 0.15) is 45.7 Å². The van der Waals surface area contributed by atoms with Gasteiger partial charge >= 0.3 is 0 Å². The van der Waals surface area contributed by atoms with Crippen molar-refractivity contribution in [2.45, 2.75) is 34.6 Å². The molecule has 84 valence electrons. The number of allylic oxidation sites excluding steroid dienone is 1. The molecule has 0 spiro atoms. The third-order valence-corrected chi connectivity index (χ3v) is 1.50. The van der Waals surface area contributed by atoms with Crippen molar-refractivity contribution in [3.8, 4) is 0 Å². The smallest absolute Gasteiger partial charge is 0.0256 e. The molecule has 0 atom stereocenters. The molecule has 0 fully saturated rings. The van der Waals surface area contributed by atoms with Crippen molar-refractivity contribution < 1.29 is 0 Å². The average Bonchev–Trinajstić information content (AvgIpc) is 2.35. The molecule has 0 radical (unpaired) electrons. The minimum atomic E-state index is 0.964. The summed E-state index contributed by atoms with van der Waals surface area (Å²) in [4.78, 5) is 0. The van der Waals surface area contributed by atoms with Crippen LogP contribution in [0.4, 0.5) is 0 Å². The first-order valence-electron chi connectivity index (χ1n) is 5.60. The lowest BCUT2D eigenvalue weighted by molar-refractivity contribution is 1.50. The van der Waals surface area contributed by atoms with Gasteiger partial charge in [-0.15, -0.1) is 0 Å². The van der Waals surface area contributed by atoms with Gasteiger partial charge in [-0.1, -0.05) is 64.1 Å². The second kappa shape index (κ2) is 12.6.